The summed E-state index contributed by atoms with van der Waals surface area (Å²) >= 11 is 1.87. The first-order chi connectivity index (χ1) is 9.55. The number of aromatic nitrogens is 1. The number of thiazole rings is 1. The fourth-order valence-corrected chi connectivity index (χ4v) is 3.49. The quantitative estimate of drug-likeness (QED) is 0.874. The second kappa shape index (κ2) is 5.88. The minimum Gasteiger partial charge on any atom is -0.351 e. The molecular weight excluding hydrogens is 278 g/mol. The summed E-state index contributed by atoms with van der Waals surface area (Å²) in [5, 5.41) is 4.79. The van der Waals surface area contributed by atoms with Crippen LogP contribution in [0.2, 0.25) is 0 Å². The Balaban J connectivity index is 2.13. The van der Waals surface area contributed by atoms with Crippen LogP contribution in [0.4, 0.5) is 5.13 Å². The molecule has 1 aromatic rings. The van der Waals surface area contributed by atoms with Crippen LogP contribution < -0.4 is 10.2 Å². The van der Waals surface area contributed by atoms with Gasteiger partial charge in [-0.05, 0) is 39.0 Å². The molecule has 4 heteroatoms. The molecule has 1 heterocycles. The molecule has 120 valence electrons. The van der Waals surface area contributed by atoms with E-state index in [0.29, 0.717) is 5.41 Å². The van der Waals surface area contributed by atoms with Gasteiger partial charge in [-0.2, -0.15) is 0 Å². The third kappa shape index (κ3) is 5.26. The first kappa shape index (κ1) is 16.8. The molecule has 0 spiro atoms. The van der Waals surface area contributed by atoms with Crippen LogP contribution in [0.5, 0.6) is 0 Å². The maximum absolute atomic E-state index is 4.96. The first-order valence-electron chi connectivity index (χ1n) is 8.01. The van der Waals surface area contributed by atoms with E-state index in [2.05, 4.69) is 58.8 Å². The molecule has 0 saturated heterocycles. The summed E-state index contributed by atoms with van der Waals surface area (Å²) in [5.74, 6) is 0.717. The summed E-state index contributed by atoms with van der Waals surface area (Å²) in [4.78, 5) is 8.71. The lowest BCUT2D eigenvalue weighted by molar-refractivity contribution is 0.418. The summed E-state index contributed by atoms with van der Waals surface area (Å²) in [6.45, 7) is 15.5. The number of hydrogen-bond acceptors (Lipinski definition) is 4. The second-order valence-electron chi connectivity index (χ2n) is 8.60. The molecule has 3 nitrogen and oxygen atoms in total. The maximum atomic E-state index is 4.96. The average molecular weight is 310 g/mol. The highest BCUT2D eigenvalue weighted by atomic mass is 32.1. The second-order valence-corrected chi connectivity index (χ2v) is 9.66. The molecule has 1 saturated carbocycles. The highest BCUT2D eigenvalue weighted by Gasteiger charge is 2.30. The molecule has 0 radical (unpaired) electrons. The van der Waals surface area contributed by atoms with Crippen molar-refractivity contribution in [2.45, 2.75) is 72.4 Å². The first-order valence-corrected chi connectivity index (χ1v) is 8.82. The molecule has 0 aromatic carbocycles. The van der Waals surface area contributed by atoms with Crippen LogP contribution in [0.3, 0.4) is 0 Å². The van der Waals surface area contributed by atoms with Gasteiger partial charge in [0.2, 0.25) is 0 Å². The van der Waals surface area contributed by atoms with E-state index in [1.54, 1.807) is 0 Å². The van der Waals surface area contributed by atoms with Crippen LogP contribution in [0, 0.1) is 5.41 Å². The Hall–Kier alpha value is -0.610. The Bertz CT molecular complexity index is 475. The number of rotatable bonds is 5. The average Bonchev–Trinajstić information content (AvgIpc) is 3.03. The number of nitrogens with zero attached hydrogens (tertiary/aromatic N) is 2. The van der Waals surface area contributed by atoms with Gasteiger partial charge in [-0.3, -0.25) is 0 Å². The molecular formula is C17H31N3S. The lowest BCUT2D eigenvalue weighted by atomic mass is 9.96. The highest BCUT2D eigenvalue weighted by molar-refractivity contribution is 7.15. The molecule has 1 fully saturated rings. The Morgan fingerprint density at radius 1 is 1.19 bits per heavy atom. The molecule has 1 aliphatic carbocycles. The molecule has 0 atom stereocenters. The Labute approximate surface area is 134 Å². The third-order valence-corrected chi connectivity index (χ3v) is 4.68. The predicted molar refractivity (Wildman–Crippen MR) is 93.4 cm³/mol. The van der Waals surface area contributed by atoms with Crippen LogP contribution in [-0.2, 0) is 6.54 Å². The van der Waals surface area contributed by atoms with Crippen LogP contribution in [0.1, 0.15) is 70.9 Å². The third-order valence-electron chi connectivity index (χ3n) is 3.50. The molecule has 0 unspecified atom stereocenters. The molecule has 1 aromatic heterocycles. The summed E-state index contributed by atoms with van der Waals surface area (Å²) in [5.41, 5.74) is 1.80. The van der Waals surface area contributed by atoms with Gasteiger partial charge >= 0.3 is 0 Å². The van der Waals surface area contributed by atoms with Crippen LogP contribution in [0.25, 0.3) is 0 Å². The maximum Gasteiger partial charge on any atom is 0.185 e. The smallest absolute Gasteiger partial charge is 0.185 e. The van der Waals surface area contributed by atoms with Gasteiger partial charge in [0, 0.05) is 36.5 Å². The Kier molecular flexibility index (Phi) is 4.69. The van der Waals surface area contributed by atoms with Gasteiger partial charge in [0.15, 0.2) is 5.13 Å². The Morgan fingerprint density at radius 3 is 2.29 bits per heavy atom. The monoisotopic (exact) mass is 309 g/mol. The zero-order valence-corrected chi connectivity index (χ0v) is 15.5. The molecule has 21 heavy (non-hydrogen) atoms. The van der Waals surface area contributed by atoms with Crippen molar-refractivity contribution < 1.29 is 0 Å². The molecule has 2 rings (SSSR count). The van der Waals surface area contributed by atoms with E-state index in [1.807, 2.05) is 11.3 Å². The largest absolute Gasteiger partial charge is 0.351 e. The highest BCUT2D eigenvalue weighted by Crippen LogP contribution is 2.44. The van der Waals surface area contributed by atoms with Crippen LogP contribution in [0.15, 0.2) is 0 Å². The van der Waals surface area contributed by atoms with E-state index in [1.165, 1.54) is 28.5 Å². The minimum atomic E-state index is 0.155. The zero-order valence-electron chi connectivity index (χ0n) is 14.7. The fourth-order valence-electron chi connectivity index (χ4n) is 2.44. The van der Waals surface area contributed by atoms with Crippen LogP contribution in [-0.4, -0.2) is 24.1 Å². The standard InChI is InChI=1S/C17H31N3S/c1-16(2,3)11-20(7)15-19-14(12-8-9-12)13(21-15)10-18-17(4,5)6/h12,18H,8-11H2,1-7H3. The van der Waals surface area contributed by atoms with Crippen molar-refractivity contribution in [1.82, 2.24) is 10.3 Å². The van der Waals surface area contributed by atoms with E-state index in [4.69, 9.17) is 4.98 Å². The van der Waals surface area contributed by atoms with Crippen molar-refractivity contribution in [3.05, 3.63) is 10.6 Å². The van der Waals surface area contributed by atoms with Crippen molar-refractivity contribution in [3.8, 4) is 0 Å². The Morgan fingerprint density at radius 2 is 1.81 bits per heavy atom. The zero-order chi connectivity index (χ0) is 15.8. The molecule has 0 aliphatic heterocycles. The van der Waals surface area contributed by atoms with Crippen molar-refractivity contribution in [2.75, 3.05) is 18.5 Å². The van der Waals surface area contributed by atoms with E-state index in [0.717, 1.165) is 19.0 Å². The topological polar surface area (TPSA) is 28.2 Å². The molecule has 1 N–H and O–H groups in total. The normalized spacial score (nSPS) is 16.3. The van der Waals surface area contributed by atoms with E-state index in [9.17, 15) is 0 Å². The summed E-state index contributed by atoms with van der Waals surface area (Å²) in [6.07, 6.45) is 2.63. The van der Waals surface area contributed by atoms with Crippen LogP contribution >= 0.6 is 11.3 Å². The molecule has 1 aliphatic rings. The van der Waals surface area contributed by atoms with Gasteiger partial charge in [0.05, 0.1) is 5.69 Å². The molecule has 0 amide bonds. The molecule has 0 bridgehead atoms. The van der Waals surface area contributed by atoms with Gasteiger partial charge in [0.1, 0.15) is 0 Å². The summed E-state index contributed by atoms with van der Waals surface area (Å²) < 4.78 is 0. The van der Waals surface area contributed by atoms with Crippen molar-refractivity contribution in [2.24, 2.45) is 5.41 Å². The summed E-state index contributed by atoms with van der Waals surface area (Å²) in [7, 11) is 2.17. The van der Waals surface area contributed by atoms with Crippen molar-refractivity contribution in [1.29, 1.82) is 0 Å². The number of hydrogen-bond donors (Lipinski definition) is 1. The van der Waals surface area contributed by atoms with Gasteiger partial charge in [-0.1, -0.05) is 20.8 Å². The fraction of sp³-hybridized carbons (Fsp3) is 0.824. The SMILES string of the molecule is CN(CC(C)(C)C)c1nc(C2CC2)c(CNC(C)(C)C)s1. The van der Waals surface area contributed by atoms with E-state index in [-0.39, 0.29) is 5.54 Å². The van der Waals surface area contributed by atoms with E-state index < -0.39 is 0 Å². The lowest BCUT2D eigenvalue weighted by Gasteiger charge is -2.26. The van der Waals surface area contributed by atoms with E-state index >= 15 is 0 Å². The number of nitrogens with one attached hydrogen (secondary N) is 1. The number of anilines is 1. The van der Waals surface area contributed by atoms with Gasteiger partial charge in [-0.15, -0.1) is 11.3 Å². The van der Waals surface area contributed by atoms with Crippen molar-refractivity contribution in [3.63, 3.8) is 0 Å². The van der Waals surface area contributed by atoms with Gasteiger partial charge in [-0.25, -0.2) is 4.98 Å². The van der Waals surface area contributed by atoms with Crippen molar-refractivity contribution >= 4 is 16.5 Å². The van der Waals surface area contributed by atoms with Gasteiger partial charge in [0.25, 0.3) is 0 Å². The predicted octanol–water partition coefficient (Wildman–Crippen LogP) is 4.39. The summed E-state index contributed by atoms with van der Waals surface area (Å²) in [6, 6.07) is 0. The lowest BCUT2D eigenvalue weighted by Crippen LogP contribution is -2.35. The van der Waals surface area contributed by atoms with Gasteiger partial charge < -0.3 is 10.2 Å². The minimum absolute atomic E-state index is 0.155.